The first-order valence-corrected chi connectivity index (χ1v) is 11.6. The number of nitrogens with zero attached hydrogens (tertiary/aromatic N) is 4. The van der Waals surface area contributed by atoms with Crippen LogP contribution in [0.3, 0.4) is 0 Å². The third kappa shape index (κ3) is 4.52. The number of imide groups is 1. The Morgan fingerprint density at radius 2 is 1.84 bits per heavy atom. The van der Waals surface area contributed by atoms with Crippen LogP contribution in [-0.2, 0) is 16.1 Å². The number of fused-ring (bicyclic) bond motifs is 5. The molecular weight excluding hydrogens is 392 g/mol. The molecule has 0 radical (unpaired) electrons. The molecule has 0 spiro atoms. The summed E-state index contributed by atoms with van der Waals surface area (Å²) in [6.07, 6.45) is 11.9. The van der Waals surface area contributed by atoms with Crippen molar-refractivity contribution >= 4 is 17.8 Å². The number of likely N-dealkylation sites (tertiary alicyclic amines) is 1. The fraction of sp³-hybridized carbons (Fsp3) is 0.652. The summed E-state index contributed by atoms with van der Waals surface area (Å²) in [5.41, 5.74) is 0. The monoisotopic (exact) mass is 426 g/mol. The van der Waals surface area contributed by atoms with Gasteiger partial charge in [0.05, 0.1) is 11.8 Å². The number of carbonyl (C=O) groups is 2. The van der Waals surface area contributed by atoms with E-state index in [0.717, 1.165) is 50.7 Å². The second kappa shape index (κ2) is 9.66. The van der Waals surface area contributed by atoms with Gasteiger partial charge in [-0.05, 0) is 51.4 Å². The minimum Gasteiger partial charge on any atom is -0.357 e. The average Bonchev–Trinajstić information content (AvgIpc) is 3.52. The van der Waals surface area contributed by atoms with Crippen LogP contribution >= 0.6 is 0 Å². The van der Waals surface area contributed by atoms with Crippen LogP contribution < -0.4 is 10.6 Å². The smallest absolute Gasteiger partial charge is 0.233 e. The highest BCUT2D eigenvalue weighted by Crippen LogP contribution is 2.52. The van der Waals surface area contributed by atoms with Gasteiger partial charge in [-0.2, -0.15) is 0 Å². The number of aryl methyl sites for hydroxylation is 2. The third-order valence-electron chi connectivity index (χ3n) is 6.76. The number of aromatic nitrogens is 2. The van der Waals surface area contributed by atoms with E-state index < -0.39 is 0 Å². The normalized spacial score (nSPS) is 26.8. The average molecular weight is 427 g/mol. The van der Waals surface area contributed by atoms with Gasteiger partial charge < -0.3 is 15.2 Å². The van der Waals surface area contributed by atoms with Gasteiger partial charge in [-0.15, -0.1) is 0 Å². The summed E-state index contributed by atoms with van der Waals surface area (Å²) >= 11 is 0. The molecule has 4 atom stereocenters. The first-order valence-electron chi connectivity index (χ1n) is 11.6. The van der Waals surface area contributed by atoms with E-state index in [1.165, 1.54) is 4.90 Å². The molecule has 8 heteroatoms. The van der Waals surface area contributed by atoms with Crippen LogP contribution in [0.4, 0.5) is 0 Å². The largest absolute Gasteiger partial charge is 0.357 e. The van der Waals surface area contributed by atoms with Crippen molar-refractivity contribution in [2.24, 2.45) is 28.7 Å². The van der Waals surface area contributed by atoms with Crippen LogP contribution in [0.5, 0.6) is 0 Å². The zero-order valence-electron chi connectivity index (χ0n) is 18.6. The predicted molar refractivity (Wildman–Crippen MR) is 119 cm³/mol. The molecule has 1 aromatic rings. The van der Waals surface area contributed by atoms with Gasteiger partial charge in [0.1, 0.15) is 5.82 Å². The molecule has 2 aliphatic carbocycles. The van der Waals surface area contributed by atoms with Gasteiger partial charge >= 0.3 is 0 Å². The summed E-state index contributed by atoms with van der Waals surface area (Å²) in [5.74, 6) is 2.26. The van der Waals surface area contributed by atoms with Crippen LogP contribution in [0.15, 0.2) is 29.5 Å². The molecule has 8 nitrogen and oxygen atoms in total. The van der Waals surface area contributed by atoms with Gasteiger partial charge in [0.15, 0.2) is 5.96 Å². The van der Waals surface area contributed by atoms with Crippen molar-refractivity contribution in [3.8, 4) is 0 Å². The number of nitrogens with one attached hydrogen (secondary N) is 2. The second-order valence-electron chi connectivity index (χ2n) is 8.74. The van der Waals surface area contributed by atoms with E-state index in [4.69, 9.17) is 0 Å². The Bertz CT molecular complexity index is 830. The zero-order chi connectivity index (χ0) is 21.8. The molecule has 168 valence electrons. The summed E-state index contributed by atoms with van der Waals surface area (Å²) in [5, 5.41) is 6.63. The summed E-state index contributed by atoms with van der Waals surface area (Å²) in [6, 6.07) is 0. The van der Waals surface area contributed by atoms with Crippen LogP contribution in [0.25, 0.3) is 0 Å². The van der Waals surface area contributed by atoms with Crippen molar-refractivity contribution in [1.29, 1.82) is 0 Å². The maximum absolute atomic E-state index is 12.7. The van der Waals surface area contributed by atoms with Crippen molar-refractivity contribution < 1.29 is 9.59 Å². The molecule has 4 rings (SSSR count). The molecule has 4 unspecified atom stereocenters. The fourth-order valence-electron chi connectivity index (χ4n) is 5.20. The number of rotatable bonds is 10. The van der Waals surface area contributed by atoms with Gasteiger partial charge in [-0.25, -0.2) is 4.98 Å². The van der Waals surface area contributed by atoms with E-state index in [9.17, 15) is 9.59 Å². The zero-order valence-corrected chi connectivity index (χ0v) is 18.6. The van der Waals surface area contributed by atoms with E-state index in [-0.39, 0.29) is 35.5 Å². The Labute approximate surface area is 184 Å². The van der Waals surface area contributed by atoms with Crippen LogP contribution in [0, 0.1) is 30.6 Å². The van der Waals surface area contributed by atoms with E-state index >= 15 is 0 Å². The van der Waals surface area contributed by atoms with Crippen LogP contribution in [0.2, 0.25) is 0 Å². The van der Waals surface area contributed by atoms with Crippen molar-refractivity contribution in [1.82, 2.24) is 25.1 Å². The number of hydrogen-bond acceptors (Lipinski definition) is 4. The lowest BCUT2D eigenvalue weighted by molar-refractivity contribution is -0.140. The highest BCUT2D eigenvalue weighted by atomic mass is 16.2. The fourth-order valence-corrected chi connectivity index (χ4v) is 5.20. The number of amides is 2. The Morgan fingerprint density at radius 3 is 2.48 bits per heavy atom. The van der Waals surface area contributed by atoms with E-state index in [1.807, 2.05) is 26.2 Å². The molecule has 1 aromatic heterocycles. The van der Waals surface area contributed by atoms with E-state index in [1.54, 1.807) is 0 Å². The molecule has 2 bridgehead atoms. The lowest BCUT2D eigenvalue weighted by Crippen LogP contribution is -2.38. The van der Waals surface area contributed by atoms with Gasteiger partial charge in [0.2, 0.25) is 11.8 Å². The minimum atomic E-state index is -0.101. The van der Waals surface area contributed by atoms with Gasteiger partial charge in [0, 0.05) is 45.1 Å². The lowest BCUT2D eigenvalue weighted by atomic mass is 9.85. The molecule has 2 amide bonds. The summed E-state index contributed by atoms with van der Waals surface area (Å²) in [6.45, 7) is 7.73. The Hall–Kier alpha value is -2.64. The lowest BCUT2D eigenvalue weighted by Gasteiger charge is -2.17. The van der Waals surface area contributed by atoms with Crippen LogP contribution in [-0.4, -0.2) is 58.4 Å². The van der Waals surface area contributed by atoms with Crippen molar-refractivity contribution in [3.63, 3.8) is 0 Å². The molecule has 1 saturated heterocycles. The molecule has 2 N–H and O–H groups in total. The van der Waals surface area contributed by atoms with E-state index in [2.05, 4.69) is 37.3 Å². The topological polar surface area (TPSA) is 91.6 Å². The summed E-state index contributed by atoms with van der Waals surface area (Å²) in [7, 11) is 0. The molecule has 2 heterocycles. The van der Waals surface area contributed by atoms with E-state index in [0.29, 0.717) is 19.5 Å². The SMILES string of the molecule is CCNC(=NCCCN1C(=O)C2C3C=CC(C3)C2C1=O)NCCCCn1ccnc1C. The highest BCUT2D eigenvalue weighted by molar-refractivity contribution is 6.06. The van der Waals surface area contributed by atoms with Gasteiger partial charge in [-0.1, -0.05) is 12.2 Å². The van der Waals surface area contributed by atoms with Crippen molar-refractivity contribution in [2.75, 3.05) is 26.2 Å². The maximum atomic E-state index is 12.7. The van der Waals surface area contributed by atoms with Gasteiger partial charge in [-0.3, -0.25) is 19.5 Å². The summed E-state index contributed by atoms with van der Waals surface area (Å²) < 4.78 is 2.16. The molecule has 31 heavy (non-hydrogen) atoms. The quantitative estimate of drug-likeness (QED) is 0.195. The molecule has 1 aliphatic heterocycles. The first-order chi connectivity index (χ1) is 15.1. The minimum absolute atomic E-state index is 0.0361. The highest BCUT2D eigenvalue weighted by Gasteiger charge is 2.58. The predicted octanol–water partition coefficient (Wildman–Crippen LogP) is 1.72. The third-order valence-corrected chi connectivity index (χ3v) is 6.76. The Morgan fingerprint density at radius 1 is 1.10 bits per heavy atom. The Kier molecular flexibility index (Phi) is 6.73. The number of imidazole rings is 1. The van der Waals surface area contributed by atoms with Crippen molar-refractivity contribution in [3.05, 3.63) is 30.4 Å². The standard InChI is InChI=1S/C23H34N6O2/c1-3-24-23(26-9-4-5-12-28-14-11-25-16(28)2)27-10-6-13-29-21(30)19-17-7-8-18(15-17)20(19)22(29)31/h7-8,11,14,17-20H,3-6,9-10,12-13,15H2,1-2H3,(H2,24,26,27). The van der Waals surface area contributed by atoms with Gasteiger partial charge in [0.25, 0.3) is 0 Å². The number of guanidine groups is 1. The van der Waals surface area contributed by atoms with Crippen molar-refractivity contribution in [2.45, 2.75) is 46.1 Å². The molecule has 2 fully saturated rings. The molecule has 3 aliphatic rings. The number of aliphatic imine (C=N–C) groups is 1. The second-order valence-corrected chi connectivity index (χ2v) is 8.74. The maximum Gasteiger partial charge on any atom is 0.233 e. The first kappa shape index (κ1) is 21.6. The Balaban J connectivity index is 1.17. The summed E-state index contributed by atoms with van der Waals surface area (Å²) in [4.78, 5) is 35.8. The number of allylic oxidation sites excluding steroid dienone is 2. The molecular formula is C23H34N6O2. The molecule has 1 saturated carbocycles. The number of carbonyl (C=O) groups excluding carboxylic acids is 2. The molecule has 0 aromatic carbocycles. The number of unbranched alkanes of at least 4 members (excludes halogenated alkanes) is 1. The number of hydrogen-bond donors (Lipinski definition) is 2. The van der Waals surface area contributed by atoms with Crippen LogP contribution in [0.1, 0.15) is 38.4 Å².